The highest BCUT2D eigenvalue weighted by Crippen LogP contribution is 2.53. The van der Waals surface area contributed by atoms with Gasteiger partial charge in [0, 0.05) is 37.5 Å². The van der Waals surface area contributed by atoms with Crippen molar-refractivity contribution in [3.8, 4) is 29.4 Å². The number of unbranched alkanes of at least 4 members (excludes halogenated alkanes) is 4. The van der Waals surface area contributed by atoms with Gasteiger partial charge < -0.3 is 38.0 Å². The number of carbonyl (C=O) groups excluding carboxylic acids is 1. The van der Waals surface area contributed by atoms with Crippen LogP contribution in [0, 0.1) is 40.9 Å². The van der Waals surface area contributed by atoms with Crippen molar-refractivity contribution >= 4 is 22.5 Å². The molecule has 7 atom stereocenters. The first-order chi connectivity index (χ1) is 32.1. The van der Waals surface area contributed by atoms with E-state index in [9.17, 15) is 10.1 Å². The molecule has 1 saturated carbocycles. The van der Waals surface area contributed by atoms with Crippen LogP contribution in [0.5, 0.6) is 11.5 Å². The van der Waals surface area contributed by atoms with Crippen LogP contribution in [0.2, 0.25) is 0 Å². The van der Waals surface area contributed by atoms with Crippen molar-refractivity contribution in [2.45, 2.75) is 141 Å². The maximum Gasteiger partial charge on any atom is 0.407 e. The molecule has 11 nitrogen and oxygen atoms in total. The Morgan fingerprint density at radius 2 is 1.41 bits per heavy atom. The van der Waals surface area contributed by atoms with Gasteiger partial charge in [0.05, 0.1) is 52.6 Å². The molecule has 0 bridgehead atoms. The van der Waals surface area contributed by atoms with E-state index in [2.05, 4.69) is 112 Å². The first-order valence-electron chi connectivity index (χ1n) is 24.4. The molecule has 6 rings (SSSR count). The molecule has 3 aliphatic rings. The number of amides is 1. The fourth-order valence-corrected chi connectivity index (χ4v) is 11.5. The molecule has 2 fully saturated rings. The summed E-state index contributed by atoms with van der Waals surface area (Å²) in [6.45, 7) is 10.3. The largest absolute Gasteiger partial charge is 0.497 e. The molecule has 0 spiro atoms. The molecular weight excluding hydrogens is 848 g/mol. The number of aryl methyl sites for hydroxylation is 1. The van der Waals surface area contributed by atoms with E-state index in [-0.39, 0.29) is 49.4 Å². The van der Waals surface area contributed by atoms with Gasteiger partial charge in [-0.15, -0.1) is 11.8 Å². The molecular formula is C53H73BN3O8P. The molecule has 1 aliphatic heterocycles. The summed E-state index contributed by atoms with van der Waals surface area (Å²) in [6, 6.07) is 27.5. The highest BCUT2D eigenvalue weighted by Gasteiger charge is 2.49. The maximum atomic E-state index is 12.4. The summed E-state index contributed by atoms with van der Waals surface area (Å²) in [7, 11) is 3.94. The number of nitrogens with zero attached hydrogens (tertiary/aromatic N) is 2. The Kier molecular flexibility index (Phi) is 20.1. The van der Waals surface area contributed by atoms with Crippen molar-refractivity contribution in [3.63, 3.8) is 0 Å². The topological polar surface area (TPSA) is 121 Å². The third-order valence-corrected chi connectivity index (χ3v) is 15.4. The number of nitrogens with one attached hydrogen (secondary N) is 1. The average Bonchev–Trinajstić information content (AvgIpc) is 3.82. The lowest BCUT2D eigenvalue weighted by atomic mass is 9.79. The second kappa shape index (κ2) is 25.9. The van der Waals surface area contributed by atoms with Gasteiger partial charge >= 0.3 is 6.09 Å². The third-order valence-electron chi connectivity index (χ3n) is 13.2. The van der Waals surface area contributed by atoms with Gasteiger partial charge in [-0.1, -0.05) is 67.8 Å². The van der Waals surface area contributed by atoms with Crippen LogP contribution in [0.1, 0.15) is 121 Å². The number of fused-ring (bicyclic) bond motifs is 1. The summed E-state index contributed by atoms with van der Waals surface area (Å²) in [5.74, 6) is 9.88. The predicted octanol–water partition coefficient (Wildman–Crippen LogP) is 10.1. The van der Waals surface area contributed by atoms with Gasteiger partial charge in [0.25, 0.3) is 8.53 Å². The van der Waals surface area contributed by atoms with Crippen LogP contribution in [-0.2, 0) is 35.3 Å². The molecule has 2 aliphatic carbocycles. The lowest BCUT2D eigenvalue weighted by molar-refractivity contribution is -0.0714. The number of hydrogen-bond donors (Lipinski definition) is 1. The number of ether oxygens (including phenoxy) is 5. The van der Waals surface area contributed by atoms with Gasteiger partial charge in [0.2, 0.25) is 0 Å². The van der Waals surface area contributed by atoms with E-state index in [1.165, 1.54) is 5.56 Å². The van der Waals surface area contributed by atoms with E-state index < -0.39 is 14.1 Å². The van der Waals surface area contributed by atoms with Crippen LogP contribution in [0.4, 0.5) is 4.79 Å². The minimum absolute atomic E-state index is 0.0467. The summed E-state index contributed by atoms with van der Waals surface area (Å²) in [6.07, 6.45) is 10.5. The minimum atomic E-state index is -1.48. The van der Waals surface area contributed by atoms with Gasteiger partial charge in [-0.2, -0.15) is 5.26 Å². The van der Waals surface area contributed by atoms with Crippen molar-refractivity contribution in [2.24, 2.45) is 17.8 Å². The number of nitriles is 1. The van der Waals surface area contributed by atoms with Crippen molar-refractivity contribution < 1.29 is 37.5 Å². The van der Waals surface area contributed by atoms with Crippen LogP contribution in [0.15, 0.2) is 72.8 Å². The number of benzene rings is 3. The number of alkyl carbamates (subject to hydrolysis) is 1. The molecule has 1 heterocycles. The van der Waals surface area contributed by atoms with E-state index in [1.807, 2.05) is 24.3 Å². The average molecular weight is 922 g/mol. The first-order valence-corrected chi connectivity index (χ1v) is 25.5. The highest BCUT2D eigenvalue weighted by atomic mass is 31.2. The Balaban J connectivity index is 1.10. The molecule has 3 aromatic carbocycles. The molecule has 356 valence electrons. The number of methoxy groups -OCH3 is 2. The van der Waals surface area contributed by atoms with Crippen LogP contribution in [0.3, 0.4) is 0 Å². The minimum Gasteiger partial charge on any atom is -0.497 e. The maximum absolute atomic E-state index is 12.4. The van der Waals surface area contributed by atoms with Crippen LogP contribution >= 0.6 is 8.53 Å². The van der Waals surface area contributed by atoms with Crippen molar-refractivity contribution in [2.75, 3.05) is 40.6 Å². The fourth-order valence-electron chi connectivity index (χ4n) is 9.78. The van der Waals surface area contributed by atoms with Gasteiger partial charge in [-0.05, 0) is 130 Å². The molecule has 3 aromatic rings. The predicted molar refractivity (Wildman–Crippen MR) is 263 cm³/mol. The summed E-state index contributed by atoms with van der Waals surface area (Å²) >= 11 is 0. The Morgan fingerprint density at radius 1 is 0.848 bits per heavy atom. The van der Waals surface area contributed by atoms with Crippen molar-refractivity contribution in [3.05, 3.63) is 95.1 Å². The van der Waals surface area contributed by atoms with E-state index in [1.54, 1.807) is 14.2 Å². The molecule has 13 heteroatoms. The van der Waals surface area contributed by atoms with Gasteiger partial charge in [-0.3, -0.25) is 0 Å². The van der Waals surface area contributed by atoms with Crippen LogP contribution in [0.25, 0.3) is 0 Å². The first kappa shape index (κ1) is 51.3. The summed E-state index contributed by atoms with van der Waals surface area (Å²) < 4.78 is 46.2. The van der Waals surface area contributed by atoms with E-state index in [0.29, 0.717) is 43.9 Å². The van der Waals surface area contributed by atoms with Gasteiger partial charge in [0.1, 0.15) is 31.1 Å². The van der Waals surface area contributed by atoms with Crippen molar-refractivity contribution in [1.82, 2.24) is 9.99 Å². The lowest BCUT2D eigenvalue weighted by Gasteiger charge is -2.39. The quantitative estimate of drug-likeness (QED) is 0.0274. The van der Waals surface area contributed by atoms with Gasteiger partial charge in [0.15, 0.2) is 0 Å². The SMILES string of the molecule is B[C@H]1C[C@@H](OP(OCCC#N)N(C(C)C)C(C)C)[C@@H](COC(c2ccc(CCCCCCCNC(=O)OC[C@@H]3[C@@H]4CCC#CCC[C@@H]43)cc2)(c2ccc(OC)cc2)c2ccc(OC)cc2)O1. The number of carbonyl (C=O) groups is 1. The smallest absolute Gasteiger partial charge is 0.407 e. The molecule has 0 radical (unpaired) electrons. The molecule has 66 heavy (non-hydrogen) atoms. The third kappa shape index (κ3) is 14.0. The summed E-state index contributed by atoms with van der Waals surface area (Å²) in [5, 5.41) is 12.3. The second-order valence-electron chi connectivity index (χ2n) is 18.5. The summed E-state index contributed by atoms with van der Waals surface area (Å²) in [4.78, 5) is 12.4. The Bertz CT molecular complexity index is 1960. The molecule has 1 N–H and O–H groups in total. The molecule has 1 saturated heterocycles. The number of hydrogen-bond acceptors (Lipinski definition) is 10. The van der Waals surface area contributed by atoms with E-state index in [0.717, 1.165) is 92.4 Å². The molecule has 0 aromatic heterocycles. The second-order valence-corrected chi connectivity index (χ2v) is 19.9. The van der Waals surface area contributed by atoms with Crippen LogP contribution < -0.4 is 14.8 Å². The molecule has 1 unspecified atom stereocenters. The van der Waals surface area contributed by atoms with E-state index in [4.69, 9.17) is 32.7 Å². The Labute approximate surface area is 397 Å². The zero-order valence-corrected chi connectivity index (χ0v) is 41.4. The Morgan fingerprint density at radius 3 is 1.97 bits per heavy atom. The highest BCUT2D eigenvalue weighted by molar-refractivity contribution is 7.44. The standard InChI is InChI=1S/C53H73BN3O8P/c1-38(2)57(39(3)4)66(63-34-16-32-55)65-49-35-51(54)64-50(49)37-62-53(42-24-28-44(59-5)29-25-42,43-26-30-45(60-6)31-27-43)41-22-20-40(21-23-41)17-12-8-7-11-15-33-56-52(58)61-36-48-46-18-13-9-10-14-19-47(46)48/h20-31,38-39,46-51H,7-8,11-19,33-37,54H2,1-6H3,(H,56,58)/t46-,47+,48-,49-,50-,51-,66?/m1/s1. The number of rotatable bonds is 26. The normalized spacial score (nSPS) is 21.8. The van der Waals surface area contributed by atoms with Gasteiger partial charge in [-0.25, -0.2) is 9.46 Å². The Hall–Kier alpha value is -4.13. The lowest BCUT2D eigenvalue weighted by Crippen LogP contribution is -2.39. The molecule has 1 amide bonds. The van der Waals surface area contributed by atoms with Crippen LogP contribution in [-0.4, -0.2) is 89.5 Å². The van der Waals surface area contributed by atoms with Crippen molar-refractivity contribution in [1.29, 1.82) is 5.26 Å². The summed E-state index contributed by atoms with van der Waals surface area (Å²) in [5.41, 5.74) is 3.11. The monoisotopic (exact) mass is 922 g/mol. The zero-order valence-electron chi connectivity index (χ0n) is 40.5. The zero-order chi connectivity index (χ0) is 46.9. The fraction of sp³-hybridized carbons (Fsp3) is 0.585. The van der Waals surface area contributed by atoms with E-state index >= 15 is 0 Å².